The van der Waals surface area contributed by atoms with Crippen LogP contribution in [0.15, 0.2) is 18.2 Å². The SMILES string of the molecule is Cl.O=C1CCN(C(OC2CCCCC2)c2c(Cl)cccc2Cl)C1. The average Bonchev–Trinajstić information content (AvgIpc) is 2.93. The summed E-state index contributed by atoms with van der Waals surface area (Å²) in [5.41, 5.74) is 0.797. The number of rotatable bonds is 4. The molecule has 1 unspecified atom stereocenters. The number of Topliss-reactive ketones (excluding diaryl/α,β-unsaturated/α-hetero) is 1. The smallest absolute Gasteiger partial charge is 0.148 e. The monoisotopic (exact) mass is 377 g/mol. The van der Waals surface area contributed by atoms with Gasteiger partial charge in [0, 0.05) is 28.6 Å². The molecule has 1 saturated carbocycles. The lowest BCUT2D eigenvalue weighted by molar-refractivity contribution is -0.123. The normalized spacial score (nSPS) is 21.2. The van der Waals surface area contributed by atoms with E-state index < -0.39 is 0 Å². The van der Waals surface area contributed by atoms with Gasteiger partial charge in [-0.2, -0.15) is 0 Å². The number of ether oxygens (including phenoxy) is 1. The van der Waals surface area contributed by atoms with E-state index in [0.717, 1.165) is 18.4 Å². The Labute approximate surface area is 153 Å². The maximum atomic E-state index is 11.7. The van der Waals surface area contributed by atoms with Crippen LogP contribution in [0.5, 0.6) is 0 Å². The third-order valence-electron chi connectivity index (χ3n) is 4.51. The number of nitrogens with zero attached hydrogens (tertiary/aromatic N) is 1. The Kier molecular flexibility index (Phi) is 7.18. The summed E-state index contributed by atoms with van der Waals surface area (Å²) in [6.07, 6.45) is 6.30. The first-order chi connectivity index (χ1) is 10.6. The fraction of sp³-hybridized carbons (Fsp3) is 0.588. The summed E-state index contributed by atoms with van der Waals surface area (Å²) in [5, 5.41) is 1.21. The second-order valence-electron chi connectivity index (χ2n) is 6.14. The molecule has 1 aliphatic heterocycles. The van der Waals surface area contributed by atoms with Crippen LogP contribution in [0, 0.1) is 0 Å². The molecule has 1 heterocycles. The van der Waals surface area contributed by atoms with Gasteiger partial charge in [-0.15, -0.1) is 12.4 Å². The van der Waals surface area contributed by atoms with Gasteiger partial charge in [-0.3, -0.25) is 9.69 Å². The maximum absolute atomic E-state index is 11.7. The topological polar surface area (TPSA) is 29.5 Å². The number of carbonyl (C=O) groups excluding carboxylic acids is 1. The quantitative estimate of drug-likeness (QED) is 0.735. The molecule has 128 valence electrons. The average molecular weight is 379 g/mol. The van der Waals surface area contributed by atoms with Crippen molar-refractivity contribution in [3.05, 3.63) is 33.8 Å². The van der Waals surface area contributed by atoms with Crippen LogP contribution in [-0.4, -0.2) is 29.9 Å². The number of halogens is 3. The van der Waals surface area contributed by atoms with Gasteiger partial charge in [-0.1, -0.05) is 48.5 Å². The summed E-state index contributed by atoms with van der Waals surface area (Å²) in [6, 6.07) is 5.50. The van der Waals surface area contributed by atoms with E-state index >= 15 is 0 Å². The highest BCUT2D eigenvalue weighted by atomic mass is 35.5. The van der Waals surface area contributed by atoms with Crippen molar-refractivity contribution in [2.75, 3.05) is 13.1 Å². The molecule has 6 heteroatoms. The van der Waals surface area contributed by atoms with Crippen molar-refractivity contribution in [1.82, 2.24) is 4.90 Å². The molecule has 0 N–H and O–H groups in total. The van der Waals surface area contributed by atoms with Crippen molar-refractivity contribution < 1.29 is 9.53 Å². The van der Waals surface area contributed by atoms with Gasteiger partial charge in [0.05, 0.1) is 12.6 Å². The van der Waals surface area contributed by atoms with E-state index in [1.165, 1.54) is 19.3 Å². The number of hydrogen-bond acceptors (Lipinski definition) is 3. The zero-order valence-electron chi connectivity index (χ0n) is 13.0. The zero-order chi connectivity index (χ0) is 15.5. The first-order valence-electron chi connectivity index (χ1n) is 8.00. The Morgan fingerprint density at radius 1 is 1.13 bits per heavy atom. The van der Waals surface area contributed by atoms with Crippen molar-refractivity contribution in [3.8, 4) is 0 Å². The fourth-order valence-corrected chi connectivity index (χ4v) is 3.90. The predicted octanol–water partition coefficient (Wildman–Crippen LogP) is 5.04. The van der Waals surface area contributed by atoms with E-state index in [4.69, 9.17) is 27.9 Å². The van der Waals surface area contributed by atoms with Gasteiger partial charge in [-0.25, -0.2) is 0 Å². The Morgan fingerprint density at radius 2 is 1.78 bits per heavy atom. The van der Waals surface area contributed by atoms with Crippen molar-refractivity contribution >= 4 is 41.4 Å². The van der Waals surface area contributed by atoms with Crippen LogP contribution in [0.4, 0.5) is 0 Å². The van der Waals surface area contributed by atoms with E-state index in [-0.39, 0.29) is 30.5 Å². The van der Waals surface area contributed by atoms with Crippen LogP contribution in [0.25, 0.3) is 0 Å². The van der Waals surface area contributed by atoms with Crippen molar-refractivity contribution in [1.29, 1.82) is 0 Å². The maximum Gasteiger partial charge on any atom is 0.148 e. The van der Waals surface area contributed by atoms with E-state index in [2.05, 4.69) is 4.90 Å². The van der Waals surface area contributed by atoms with Crippen molar-refractivity contribution in [3.63, 3.8) is 0 Å². The summed E-state index contributed by atoms with van der Waals surface area (Å²) in [7, 11) is 0. The van der Waals surface area contributed by atoms with E-state index in [1.54, 1.807) is 0 Å². The Balaban J connectivity index is 0.00000192. The third-order valence-corrected chi connectivity index (χ3v) is 5.17. The largest absolute Gasteiger partial charge is 0.355 e. The zero-order valence-corrected chi connectivity index (χ0v) is 15.3. The lowest BCUT2D eigenvalue weighted by atomic mass is 9.97. The molecule has 1 saturated heterocycles. The van der Waals surface area contributed by atoms with Gasteiger partial charge >= 0.3 is 0 Å². The molecule has 3 nitrogen and oxygen atoms in total. The molecular weight excluding hydrogens is 357 g/mol. The van der Waals surface area contributed by atoms with Gasteiger partial charge in [0.1, 0.15) is 12.0 Å². The highest BCUT2D eigenvalue weighted by Gasteiger charge is 2.33. The molecule has 2 fully saturated rings. The van der Waals surface area contributed by atoms with Gasteiger partial charge in [0.25, 0.3) is 0 Å². The summed E-state index contributed by atoms with van der Waals surface area (Å²) >= 11 is 12.8. The predicted molar refractivity (Wildman–Crippen MR) is 95.6 cm³/mol. The number of hydrogen-bond donors (Lipinski definition) is 0. The van der Waals surface area contributed by atoms with Crippen LogP contribution < -0.4 is 0 Å². The minimum Gasteiger partial charge on any atom is -0.355 e. The molecule has 2 aliphatic rings. The van der Waals surface area contributed by atoms with Gasteiger partial charge in [-0.05, 0) is 25.0 Å². The Bertz CT molecular complexity index is 526. The fourth-order valence-electron chi connectivity index (χ4n) is 3.32. The summed E-state index contributed by atoms with van der Waals surface area (Å²) in [5.74, 6) is 0.250. The molecule has 1 atom stereocenters. The molecule has 0 radical (unpaired) electrons. The lowest BCUT2D eigenvalue weighted by Gasteiger charge is -2.33. The van der Waals surface area contributed by atoms with Gasteiger partial charge < -0.3 is 4.74 Å². The highest BCUT2D eigenvalue weighted by molar-refractivity contribution is 6.36. The molecule has 0 bridgehead atoms. The minimum atomic E-state index is -0.323. The molecular formula is C17H22Cl3NO2. The third kappa shape index (κ3) is 4.61. The molecule has 0 spiro atoms. The van der Waals surface area contributed by atoms with Crippen LogP contribution >= 0.6 is 35.6 Å². The van der Waals surface area contributed by atoms with Crippen LogP contribution in [0.1, 0.15) is 50.3 Å². The van der Waals surface area contributed by atoms with E-state index in [1.807, 2.05) is 18.2 Å². The number of benzene rings is 1. The highest BCUT2D eigenvalue weighted by Crippen LogP contribution is 2.38. The number of likely N-dealkylation sites (tertiary alicyclic amines) is 1. The molecule has 3 rings (SSSR count). The van der Waals surface area contributed by atoms with Gasteiger partial charge in [0.2, 0.25) is 0 Å². The second-order valence-corrected chi connectivity index (χ2v) is 6.96. The van der Waals surface area contributed by atoms with Crippen LogP contribution in [0.3, 0.4) is 0 Å². The molecule has 0 aromatic heterocycles. The Morgan fingerprint density at radius 3 is 2.35 bits per heavy atom. The Hall–Kier alpha value is -0.320. The summed E-state index contributed by atoms with van der Waals surface area (Å²) in [6.45, 7) is 1.12. The molecule has 0 amide bonds. The van der Waals surface area contributed by atoms with Crippen LogP contribution in [0.2, 0.25) is 10.0 Å². The number of ketones is 1. The second kappa shape index (κ2) is 8.68. The van der Waals surface area contributed by atoms with Crippen molar-refractivity contribution in [2.24, 2.45) is 0 Å². The summed E-state index contributed by atoms with van der Waals surface area (Å²) in [4.78, 5) is 13.7. The number of carbonyl (C=O) groups is 1. The molecule has 23 heavy (non-hydrogen) atoms. The minimum absolute atomic E-state index is 0. The first kappa shape index (κ1) is 19.0. The van der Waals surface area contributed by atoms with E-state index in [9.17, 15) is 4.79 Å². The molecule has 1 aliphatic carbocycles. The van der Waals surface area contributed by atoms with Crippen LogP contribution in [-0.2, 0) is 9.53 Å². The van der Waals surface area contributed by atoms with E-state index in [0.29, 0.717) is 29.6 Å². The van der Waals surface area contributed by atoms with Crippen molar-refractivity contribution in [2.45, 2.75) is 50.9 Å². The lowest BCUT2D eigenvalue weighted by Crippen LogP contribution is -2.33. The molecule has 1 aromatic carbocycles. The molecule has 1 aromatic rings. The standard InChI is InChI=1S/C17H21Cl2NO2.ClH/c18-14-7-4-8-15(19)16(14)17(20-10-9-12(21)11-20)22-13-5-2-1-3-6-13;/h4,7-8,13,17H,1-3,5-6,9-11H2;1H. The van der Waals surface area contributed by atoms with Gasteiger partial charge in [0.15, 0.2) is 0 Å². The first-order valence-corrected chi connectivity index (χ1v) is 8.76. The summed E-state index contributed by atoms with van der Waals surface area (Å²) < 4.78 is 6.38.